The minimum Gasteiger partial charge on any atom is -0.392 e. The van der Waals surface area contributed by atoms with Gasteiger partial charge >= 0.3 is 0 Å². The van der Waals surface area contributed by atoms with Crippen molar-refractivity contribution in [1.29, 1.82) is 0 Å². The minimum atomic E-state index is -0.100. The zero-order chi connectivity index (χ0) is 14.0. The van der Waals surface area contributed by atoms with Crippen molar-refractivity contribution in [2.75, 3.05) is 6.54 Å². The van der Waals surface area contributed by atoms with Gasteiger partial charge in [-0.1, -0.05) is 19.1 Å². The molecule has 0 spiro atoms. The van der Waals surface area contributed by atoms with Gasteiger partial charge in [-0.15, -0.1) is 0 Å². The monoisotopic (exact) mass is 272 g/mol. The van der Waals surface area contributed by atoms with E-state index >= 15 is 0 Å². The van der Waals surface area contributed by atoms with Crippen molar-refractivity contribution in [2.45, 2.75) is 52.9 Å². The van der Waals surface area contributed by atoms with Crippen LogP contribution in [0, 0.1) is 11.8 Å². The van der Waals surface area contributed by atoms with E-state index in [1.165, 1.54) is 0 Å². The lowest BCUT2D eigenvalue weighted by molar-refractivity contribution is -0.138. The van der Waals surface area contributed by atoms with E-state index in [-0.39, 0.29) is 36.0 Å². The van der Waals surface area contributed by atoms with Crippen molar-refractivity contribution in [3.8, 4) is 0 Å². The predicted molar refractivity (Wildman–Crippen MR) is 76.3 cm³/mol. The Morgan fingerprint density at radius 2 is 1.89 bits per heavy atom. The topological polar surface area (TPSA) is 55.6 Å². The molecule has 4 atom stereocenters. The Morgan fingerprint density at radius 1 is 1.33 bits per heavy atom. The smallest absolute Gasteiger partial charge is 0.229 e. The van der Waals surface area contributed by atoms with E-state index in [1.807, 2.05) is 27.7 Å². The molecular formula is C13H24N2O2S. The molecule has 1 fully saturated rings. The second-order valence-electron chi connectivity index (χ2n) is 5.46. The number of thiocarbonyl (C=S) groups is 1. The normalized spacial score (nSPS) is 31.7. The van der Waals surface area contributed by atoms with E-state index in [9.17, 15) is 4.79 Å². The standard InChI is InChI=1S/C13H24N2O2S/c1-7(2)15(6-11(14)18)13(16)12-8(3)9(4)17-10(12)5/h7-10,12H,6H2,1-5H3,(H2,14,18). The first-order valence-corrected chi connectivity index (χ1v) is 6.90. The highest BCUT2D eigenvalue weighted by atomic mass is 32.1. The van der Waals surface area contributed by atoms with Crippen LogP contribution in [0.4, 0.5) is 0 Å². The van der Waals surface area contributed by atoms with Crippen molar-refractivity contribution in [1.82, 2.24) is 4.90 Å². The Morgan fingerprint density at radius 3 is 2.22 bits per heavy atom. The van der Waals surface area contributed by atoms with Gasteiger partial charge in [-0.2, -0.15) is 0 Å². The lowest BCUT2D eigenvalue weighted by Gasteiger charge is -2.31. The van der Waals surface area contributed by atoms with Crippen molar-refractivity contribution < 1.29 is 9.53 Å². The molecule has 0 aromatic carbocycles. The molecule has 1 aliphatic rings. The highest BCUT2D eigenvalue weighted by molar-refractivity contribution is 7.80. The number of hydrogen-bond acceptors (Lipinski definition) is 3. The van der Waals surface area contributed by atoms with Gasteiger partial charge in [0.1, 0.15) is 0 Å². The van der Waals surface area contributed by atoms with Gasteiger partial charge in [0.2, 0.25) is 5.91 Å². The third-order valence-corrected chi connectivity index (χ3v) is 3.89. The molecule has 4 unspecified atom stereocenters. The highest BCUT2D eigenvalue weighted by Gasteiger charge is 2.43. The summed E-state index contributed by atoms with van der Waals surface area (Å²) >= 11 is 4.92. The molecule has 1 amide bonds. The SMILES string of the molecule is CC1OC(C)C(C(=O)N(CC(N)=S)C(C)C)C1C. The van der Waals surface area contributed by atoms with E-state index in [0.29, 0.717) is 11.5 Å². The number of nitrogens with two attached hydrogens (primary N) is 1. The molecule has 0 aromatic rings. The zero-order valence-electron chi connectivity index (χ0n) is 11.8. The highest BCUT2D eigenvalue weighted by Crippen LogP contribution is 2.33. The Kier molecular flexibility index (Phi) is 5.10. The Balaban J connectivity index is 2.86. The fourth-order valence-electron chi connectivity index (χ4n) is 2.57. The van der Waals surface area contributed by atoms with Crippen molar-refractivity contribution in [3.05, 3.63) is 0 Å². The number of nitrogens with zero attached hydrogens (tertiary/aromatic N) is 1. The van der Waals surface area contributed by atoms with Gasteiger partial charge in [0, 0.05) is 6.04 Å². The molecule has 5 heteroatoms. The van der Waals surface area contributed by atoms with Crippen LogP contribution < -0.4 is 5.73 Å². The molecule has 0 aromatic heterocycles. The van der Waals surface area contributed by atoms with Crippen molar-refractivity contribution >= 4 is 23.1 Å². The molecule has 1 heterocycles. The van der Waals surface area contributed by atoms with Crippen LogP contribution in [0.1, 0.15) is 34.6 Å². The summed E-state index contributed by atoms with van der Waals surface area (Å²) in [7, 11) is 0. The van der Waals surface area contributed by atoms with Crippen LogP contribution in [-0.2, 0) is 9.53 Å². The average Bonchev–Trinajstić information content (AvgIpc) is 2.48. The fourth-order valence-corrected chi connectivity index (χ4v) is 2.71. The van der Waals surface area contributed by atoms with Crippen LogP contribution in [0.5, 0.6) is 0 Å². The number of ether oxygens (including phenoxy) is 1. The van der Waals surface area contributed by atoms with Crippen LogP contribution in [0.15, 0.2) is 0 Å². The van der Waals surface area contributed by atoms with Crippen LogP contribution >= 0.6 is 12.2 Å². The van der Waals surface area contributed by atoms with E-state index < -0.39 is 0 Å². The zero-order valence-corrected chi connectivity index (χ0v) is 12.7. The first-order valence-electron chi connectivity index (χ1n) is 6.50. The maximum atomic E-state index is 12.6. The van der Waals surface area contributed by atoms with E-state index in [4.69, 9.17) is 22.7 Å². The molecule has 104 valence electrons. The van der Waals surface area contributed by atoms with Crippen LogP contribution in [0.3, 0.4) is 0 Å². The van der Waals surface area contributed by atoms with Crippen LogP contribution in [0.2, 0.25) is 0 Å². The summed E-state index contributed by atoms with van der Waals surface area (Å²) in [5.41, 5.74) is 5.57. The van der Waals surface area contributed by atoms with Gasteiger partial charge in [0.25, 0.3) is 0 Å². The molecule has 1 saturated heterocycles. The third kappa shape index (κ3) is 3.20. The number of rotatable bonds is 4. The maximum absolute atomic E-state index is 12.6. The molecular weight excluding hydrogens is 248 g/mol. The maximum Gasteiger partial charge on any atom is 0.229 e. The fraction of sp³-hybridized carbons (Fsp3) is 0.846. The summed E-state index contributed by atoms with van der Waals surface area (Å²) in [5, 5.41) is 0. The van der Waals surface area contributed by atoms with Gasteiger partial charge in [-0.05, 0) is 33.6 Å². The Labute approximate surface area is 115 Å². The van der Waals surface area contributed by atoms with Gasteiger partial charge in [-0.3, -0.25) is 4.79 Å². The summed E-state index contributed by atoms with van der Waals surface area (Å²) in [6.07, 6.45) is 0.0721. The number of carbonyl (C=O) groups excluding carboxylic acids is 1. The quantitative estimate of drug-likeness (QED) is 0.789. The largest absolute Gasteiger partial charge is 0.392 e. The minimum absolute atomic E-state index is 0.0462. The molecule has 0 saturated carbocycles. The molecule has 18 heavy (non-hydrogen) atoms. The van der Waals surface area contributed by atoms with E-state index in [2.05, 4.69) is 6.92 Å². The van der Waals surface area contributed by atoms with Crippen molar-refractivity contribution in [3.63, 3.8) is 0 Å². The number of amides is 1. The molecule has 0 bridgehead atoms. The van der Waals surface area contributed by atoms with Crippen molar-refractivity contribution in [2.24, 2.45) is 17.6 Å². The molecule has 1 aliphatic heterocycles. The van der Waals surface area contributed by atoms with Gasteiger partial charge in [-0.25, -0.2) is 0 Å². The average molecular weight is 272 g/mol. The lowest BCUT2D eigenvalue weighted by Crippen LogP contribution is -2.47. The summed E-state index contributed by atoms with van der Waals surface area (Å²) in [5.74, 6) is 0.221. The summed E-state index contributed by atoms with van der Waals surface area (Å²) in [4.78, 5) is 14.7. The predicted octanol–water partition coefficient (Wildman–Crippen LogP) is 1.57. The number of hydrogen-bond donors (Lipinski definition) is 1. The molecule has 2 N–H and O–H groups in total. The van der Waals surface area contributed by atoms with Crippen LogP contribution in [-0.4, -0.2) is 40.6 Å². The molecule has 4 nitrogen and oxygen atoms in total. The molecule has 0 aliphatic carbocycles. The first kappa shape index (κ1) is 15.4. The van der Waals surface area contributed by atoms with Gasteiger partial charge < -0.3 is 15.4 Å². The van der Waals surface area contributed by atoms with E-state index in [0.717, 1.165) is 0 Å². The summed E-state index contributed by atoms with van der Waals surface area (Å²) in [6.45, 7) is 10.3. The second kappa shape index (κ2) is 5.97. The lowest BCUT2D eigenvalue weighted by atomic mass is 9.88. The van der Waals surface area contributed by atoms with Gasteiger partial charge in [0.15, 0.2) is 0 Å². The van der Waals surface area contributed by atoms with Crippen LogP contribution in [0.25, 0.3) is 0 Å². The van der Waals surface area contributed by atoms with Gasteiger partial charge in [0.05, 0.1) is 29.7 Å². The second-order valence-corrected chi connectivity index (χ2v) is 5.98. The summed E-state index contributed by atoms with van der Waals surface area (Å²) in [6, 6.07) is 0.0920. The Bertz CT molecular complexity index is 333. The first-order chi connectivity index (χ1) is 8.25. The Hall–Kier alpha value is -0.680. The number of carbonyl (C=O) groups is 1. The van der Waals surface area contributed by atoms with E-state index in [1.54, 1.807) is 4.90 Å². The molecule has 0 radical (unpaired) electrons. The third-order valence-electron chi connectivity index (χ3n) is 3.76. The summed E-state index contributed by atoms with van der Waals surface area (Å²) < 4.78 is 5.73. The molecule has 1 rings (SSSR count).